The molecule has 0 unspecified atom stereocenters. The maximum absolute atomic E-state index is 14.3. The number of nitriles is 1. The number of nitrogens with zero attached hydrogens (tertiary/aromatic N) is 3. The van der Waals surface area contributed by atoms with E-state index in [1.807, 2.05) is 6.07 Å². The number of esters is 1. The zero-order valence-electron chi connectivity index (χ0n) is 15.8. The molecule has 29 heavy (non-hydrogen) atoms. The highest BCUT2D eigenvalue weighted by Gasteiger charge is 2.29. The van der Waals surface area contributed by atoms with Gasteiger partial charge in [-0.25, -0.2) is 13.9 Å². The van der Waals surface area contributed by atoms with Crippen LogP contribution in [0.25, 0.3) is 5.69 Å². The highest BCUT2D eigenvalue weighted by molar-refractivity contribution is 5.91. The molecular weight excluding hydrogens is 373 g/mol. The average molecular weight is 391 g/mol. The predicted molar refractivity (Wildman–Crippen MR) is 103 cm³/mol. The molecule has 0 aliphatic heterocycles. The van der Waals surface area contributed by atoms with E-state index in [1.165, 1.54) is 22.9 Å². The van der Waals surface area contributed by atoms with Crippen molar-refractivity contribution in [3.05, 3.63) is 70.8 Å². The molecule has 1 heterocycles. The van der Waals surface area contributed by atoms with Crippen LogP contribution in [0.4, 0.5) is 4.39 Å². The summed E-state index contributed by atoms with van der Waals surface area (Å²) in [7, 11) is 0. The number of rotatable bonds is 5. The molecule has 0 saturated carbocycles. The lowest BCUT2D eigenvalue weighted by atomic mass is 10.2. The van der Waals surface area contributed by atoms with Crippen LogP contribution in [0.3, 0.4) is 0 Å². The van der Waals surface area contributed by atoms with Crippen molar-refractivity contribution in [2.24, 2.45) is 0 Å². The molecule has 1 aromatic heterocycles. The summed E-state index contributed by atoms with van der Waals surface area (Å²) < 4.78 is 26.8. The number of hydrogen-bond acceptors (Lipinski definition) is 5. The van der Waals surface area contributed by atoms with Gasteiger partial charge >= 0.3 is 5.97 Å². The lowest BCUT2D eigenvalue weighted by molar-refractivity contribution is 0.0720. The van der Waals surface area contributed by atoms with Crippen LogP contribution >= 0.6 is 0 Å². The number of para-hydroxylation sites is 1. The summed E-state index contributed by atoms with van der Waals surface area (Å²) >= 11 is 0. The van der Waals surface area contributed by atoms with E-state index in [2.05, 4.69) is 5.10 Å². The number of halogens is 1. The zero-order valence-corrected chi connectivity index (χ0v) is 15.8. The number of carbonyl (C=O) groups is 1. The summed E-state index contributed by atoms with van der Waals surface area (Å²) in [6.45, 7) is 2.16. The van der Waals surface area contributed by atoms with Crippen LogP contribution in [-0.2, 0) is 12.8 Å². The minimum atomic E-state index is -0.635. The standard InChI is InChI=1S/C22H18FN3O3/c1-2-28-20-12-14(13-24)10-11-19(20)29-22(27)21-15-6-5-9-17(15)26(25-21)18-8-4-3-7-16(18)23/h3-4,7-8,10-12H,2,5-6,9H2,1H3. The molecule has 0 spiro atoms. The number of carbonyl (C=O) groups excluding carboxylic acids is 1. The summed E-state index contributed by atoms with van der Waals surface area (Å²) in [6.07, 6.45) is 2.26. The van der Waals surface area contributed by atoms with Gasteiger partial charge in [-0.3, -0.25) is 0 Å². The molecule has 0 fully saturated rings. The van der Waals surface area contributed by atoms with Gasteiger partial charge in [0.25, 0.3) is 0 Å². The molecule has 0 N–H and O–H groups in total. The normalized spacial score (nSPS) is 12.3. The molecule has 146 valence electrons. The van der Waals surface area contributed by atoms with Gasteiger partial charge in [0.05, 0.1) is 18.2 Å². The van der Waals surface area contributed by atoms with Gasteiger partial charge in [-0.05, 0) is 50.5 Å². The van der Waals surface area contributed by atoms with Gasteiger partial charge in [0, 0.05) is 17.3 Å². The molecule has 3 aromatic rings. The summed E-state index contributed by atoms with van der Waals surface area (Å²) in [6, 6.07) is 12.9. The third kappa shape index (κ3) is 3.45. The minimum absolute atomic E-state index is 0.174. The number of benzene rings is 2. The number of ether oxygens (including phenoxy) is 2. The van der Waals surface area contributed by atoms with Crippen molar-refractivity contribution in [1.29, 1.82) is 5.26 Å². The second-order valence-corrected chi connectivity index (χ2v) is 6.59. The quantitative estimate of drug-likeness (QED) is 0.485. The zero-order chi connectivity index (χ0) is 20.4. The maximum Gasteiger partial charge on any atom is 0.364 e. The van der Waals surface area contributed by atoms with Crippen LogP contribution in [0.15, 0.2) is 42.5 Å². The molecular formula is C22H18FN3O3. The molecule has 7 heteroatoms. The first-order chi connectivity index (χ1) is 14.1. The van der Waals surface area contributed by atoms with E-state index in [0.29, 0.717) is 36.4 Å². The topological polar surface area (TPSA) is 77.1 Å². The predicted octanol–water partition coefficient (Wildman–Crippen LogP) is 3.99. The summed E-state index contributed by atoms with van der Waals surface area (Å²) in [5.41, 5.74) is 2.49. The van der Waals surface area contributed by atoms with E-state index in [4.69, 9.17) is 14.7 Å². The Morgan fingerprint density at radius 2 is 2.07 bits per heavy atom. The monoisotopic (exact) mass is 391 g/mol. The van der Waals surface area contributed by atoms with E-state index in [0.717, 1.165) is 17.7 Å². The van der Waals surface area contributed by atoms with Gasteiger partial charge in [0.1, 0.15) is 11.5 Å². The Morgan fingerprint density at radius 3 is 2.83 bits per heavy atom. The number of fused-ring (bicyclic) bond motifs is 1. The number of aromatic nitrogens is 2. The molecule has 2 aromatic carbocycles. The first-order valence-electron chi connectivity index (χ1n) is 9.37. The van der Waals surface area contributed by atoms with E-state index in [1.54, 1.807) is 31.2 Å². The Hall–Kier alpha value is -3.66. The Kier molecular flexibility index (Phi) is 5.00. The molecule has 1 aliphatic carbocycles. The fourth-order valence-corrected chi connectivity index (χ4v) is 3.50. The SMILES string of the molecule is CCOc1cc(C#N)ccc1OC(=O)c1nn(-c2ccccc2F)c2c1CCC2. The maximum atomic E-state index is 14.3. The smallest absolute Gasteiger partial charge is 0.364 e. The Morgan fingerprint density at radius 1 is 1.24 bits per heavy atom. The lowest BCUT2D eigenvalue weighted by Gasteiger charge is -2.10. The van der Waals surface area contributed by atoms with Crippen molar-refractivity contribution < 1.29 is 18.7 Å². The van der Waals surface area contributed by atoms with Crippen LogP contribution in [0.1, 0.15) is 40.7 Å². The van der Waals surface area contributed by atoms with Crippen LogP contribution in [0, 0.1) is 17.1 Å². The average Bonchev–Trinajstić information content (AvgIpc) is 3.33. The van der Waals surface area contributed by atoms with E-state index in [-0.39, 0.29) is 11.4 Å². The van der Waals surface area contributed by atoms with E-state index >= 15 is 0 Å². The van der Waals surface area contributed by atoms with Crippen molar-refractivity contribution in [3.8, 4) is 23.3 Å². The molecule has 6 nitrogen and oxygen atoms in total. The van der Waals surface area contributed by atoms with Gasteiger partial charge < -0.3 is 9.47 Å². The Bertz CT molecular complexity index is 1130. The first-order valence-corrected chi connectivity index (χ1v) is 9.37. The van der Waals surface area contributed by atoms with Crippen molar-refractivity contribution in [1.82, 2.24) is 9.78 Å². The Labute approximate surface area is 167 Å². The largest absolute Gasteiger partial charge is 0.490 e. The highest BCUT2D eigenvalue weighted by Crippen LogP contribution is 2.32. The van der Waals surface area contributed by atoms with Crippen molar-refractivity contribution >= 4 is 5.97 Å². The van der Waals surface area contributed by atoms with Crippen molar-refractivity contribution in [2.45, 2.75) is 26.2 Å². The van der Waals surface area contributed by atoms with Gasteiger partial charge in [0.15, 0.2) is 17.2 Å². The van der Waals surface area contributed by atoms with E-state index in [9.17, 15) is 9.18 Å². The van der Waals surface area contributed by atoms with Crippen LogP contribution in [-0.4, -0.2) is 22.4 Å². The number of hydrogen-bond donors (Lipinski definition) is 0. The van der Waals surface area contributed by atoms with Gasteiger partial charge in [-0.2, -0.15) is 10.4 Å². The summed E-state index contributed by atoms with van der Waals surface area (Å²) in [5.74, 6) is -0.521. The highest BCUT2D eigenvalue weighted by atomic mass is 19.1. The van der Waals surface area contributed by atoms with Crippen molar-refractivity contribution in [2.75, 3.05) is 6.61 Å². The van der Waals surface area contributed by atoms with Gasteiger partial charge in [0.2, 0.25) is 0 Å². The lowest BCUT2D eigenvalue weighted by Crippen LogP contribution is -2.13. The Balaban J connectivity index is 1.70. The third-order valence-corrected chi connectivity index (χ3v) is 4.78. The molecule has 0 atom stereocenters. The summed E-state index contributed by atoms with van der Waals surface area (Å²) in [5, 5.41) is 13.4. The summed E-state index contributed by atoms with van der Waals surface area (Å²) in [4.78, 5) is 12.9. The molecule has 4 rings (SSSR count). The molecule has 0 bridgehead atoms. The third-order valence-electron chi connectivity index (χ3n) is 4.78. The fourth-order valence-electron chi connectivity index (χ4n) is 3.50. The molecule has 0 radical (unpaired) electrons. The molecule has 1 aliphatic rings. The van der Waals surface area contributed by atoms with Crippen molar-refractivity contribution in [3.63, 3.8) is 0 Å². The molecule has 0 amide bonds. The first kappa shape index (κ1) is 18.7. The minimum Gasteiger partial charge on any atom is -0.490 e. The van der Waals surface area contributed by atoms with Crippen LogP contribution in [0.5, 0.6) is 11.5 Å². The van der Waals surface area contributed by atoms with Crippen LogP contribution in [0.2, 0.25) is 0 Å². The van der Waals surface area contributed by atoms with E-state index < -0.39 is 11.8 Å². The fraction of sp³-hybridized carbons (Fsp3) is 0.227. The van der Waals surface area contributed by atoms with Crippen LogP contribution < -0.4 is 9.47 Å². The second kappa shape index (κ2) is 7.76. The second-order valence-electron chi connectivity index (χ2n) is 6.59. The van der Waals surface area contributed by atoms with Gasteiger partial charge in [-0.1, -0.05) is 12.1 Å². The van der Waals surface area contributed by atoms with Gasteiger partial charge in [-0.15, -0.1) is 0 Å². The molecule has 0 saturated heterocycles.